The first-order valence-corrected chi connectivity index (χ1v) is 5.30. The summed E-state index contributed by atoms with van der Waals surface area (Å²) in [6.45, 7) is 3.81. The van der Waals surface area contributed by atoms with Gasteiger partial charge in [-0.15, -0.1) is 0 Å². The number of hydroxylamine groups is 2. The molecule has 7 heteroatoms. The lowest BCUT2D eigenvalue weighted by Crippen LogP contribution is -2.54. The summed E-state index contributed by atoms with van der Waals surface area (Å²) in [6.07, 6.45) is -0.500. The van der Waals surface area contributed by atoms with E-state index in [0.717, 1.165) is 0 Å². The molecule has 1 aliphatic rings. The number of carbonyl (C=O) groups is 1. The van der Waals surface area contributed by atoms with Crippen LogP contribution in [0.2, 0.25) is 0 Å². The summed E-state index contributed by atoms with van der Waals surface area (Å²) in [7, 11) is 1.46. The van der Waals surface area contributed by atoms with Crippen LogP contribution in [0.25, 0.3) is 0 Å². The van der Waals surface area contributed by atoms with Gasteiger partial charge < -0.3 is 10.6 Å². The van der Waals surface area contributed by atoms with Crippen LogP contribution >= 0.6 is 24.0 Å². The molecule has 3 N–H and O–H groups in total. The van der Waals surface area contributed by atoms with Crippen molar-refractivity contribution in [2.45, 2.75) is 24.8 Å². The second kappa shape index (κ2) is 3.92. The standard InChI is InChI=1S/C7H13N3O2S2/c1-7(2)4(9-6(13)14-7)10(12)5(11)8-3/h4,12H,1-3H3,(H,8,11)(H,9,13)/t4-/m0/s1. The van der Waals surface area contributed by atoms with Crippen molar-refractivity contribution in [1.82, 2.24) is 15.7 Å². The molecule has 5 nitrogen and oxygen atoms in total. The molecule has 1 saturated heterocycles. The quantitative estimate of drug-likeness (QED) is 0.355. The van der Waals surface area contributed by atoms with Gasteiger partial charge in [0.15, 0.2) is 0 Å². The summed E-state index contributed by atoms with van der Waals surface area (Å²) in [4.78, 5) is 11.2. The van der Waals surface area contributed by atoms with E-state index in [1.54, 1.807) is 0 Å². The second-order valence-electron chi connectivity index (χ2n) is 3.44. The molecule has 0 radical (unpaired) electrons. The Labute approximate surface area is 92.2 Å². The maximum Gasteiger partial charge on any atom is 0.342 e. The molecule has 1 atom stereocenters. The predicted octanol–water partition coefficient (Wildman–Crippen LogP) is 0.743. The van der Waals surface area contributed by atoms with E-state index >= 15 is 0 Å². The maximum atomic E-state index is 11.2. The van der Waals surface area contributed by atoms with Crippen LogP contribution in [-0.4, -0.2) is 38.6 Å². The molecule has 2 amide bonds. The van der Waals surface area contributed by atoms with Crippen molar-refractivity contribution >= 4 is 34.3 Å². The van der Waals surface area contributed by atoms with Gasteiger partial charge in [0.05, 0.1) is 4.75 Å². The Morgan fingerprint density at radius 2 is 2.36 bits per heavy atom. The third kappa shape index (κ3) is 2.10. The van der Waals surface area contributed by atoms with Gasteiger partial charge in [-0.3, -0.25) is 5.21 Å². The molecule has 0 aromatic carbocycles. The summed E-state index contributed by atoms with van der Waals surface area (Å²) < 4.78 is 0.251. The highest BCUT2D eigenvalue weighted by Crippen LogP contribution is 2.35. The molecule has 1 fully saturated rings. The van der Waals surface area contributed by atoms with E-state index in [2.05, 4.69) is 10.6 Å². The van der Waals surface area contributed by atoms with Gasteiger partial charge in [0, 0.05) is 7.05 Å². The largest absolute Gasteiger partial charge is 0.348 e. The van der Waals surface area contributed by atoms with Gasteiger partial charge in [0.1, 0.15) is 10.5 Å². The zero-order chi connectivity index (χ0) is 10.9. The smallest absolute Gasteiger partial charge is 0.342 e. The molecule has 0 bridgehead atoms. The van der Waals surface area contributed by atoms with Gasteiger partial charge in [-0.25, -0.2) is 4.79 Å². The van der Waals surface area contributed by atoms with Gasteiger partial charge in [-0.05, 0) is 13.8 Å². The van der Waals surface area contributed by atoms with Crippen molar-refractivity contribution in [2.75, 3.05) is 7.05 Å². The first kappa shape index (κ1) is 11.5. The number of rotatable bonds is 1. The minimum absolute atomic E-state index is 0.335. The summed E-state index contributed by atoms with van der Waals surface area (Å²) >= 11 is 6.40. The molecular weight excluding hydrogens is 222 g/mol. The molecule has 0 aromatic heterocycles. The lowest BCUT2D eigenvalue weighted by atomic mass is 10.1. The van der Waals surface area contributed by atoms with Crippen LogP contribution in [0.5, 0.6) is 0 Å². The molecular formula is C7H13N3O2S2. The highest BCUT2D eigenvalue weighted by atomic mass is 32.2. The molecule has 0 unspecified atom stereocenters. The van der Waals surface area contributed by atoms with Gasteiger partial charge in [-0.2, -0.15) is 5.06 Å². The van der Waals surface area contributed by atoms with E-state index in [1.165, 1.54) is 18.8 Å². The first-order chi connectivity index (χ1) is 6.38. The highest BCUT2D eigenvalue weighted by Gasteiger charge is 2.43. The van der Waals surface area contributed by atoms with E-state index in [1.807, 2.05) is 13.8 Å². The van der Waals surface area contributed by atoms with Crippen LogP contribution in [-0.2, 0) is 0 Å². The van der Waals surface area contributed by atoms with Crippen molar-refractivity contribution in [3.63, 3.8) is 0 Å². The Kier molecular flexibility index (Phi) is 3.23. The monoisotopic (exact) mass is 235 g/mol. The Hall–Kier alpha value is -0.530. The van der Waals surface area contributed by atoms with E-state index in [9.17, 15) is 10.0 Å². The Morgan fingerprint density at radius 3 is 2.71 bits per heavy atom. The van der Waals surface area contributed by atoms with Crippen LogP contribution in [0, 0.1) is 0 Å². The normalized spacial score (nSPS) is 24.3. The van der Waals surface area contributed by atoms with Crippen LogP contribution < -0.4 is 10.6 Å². The highest BCUT2D eigenvalue weighted by molar-refractivity contribution is 8.24. The fourth-order valence-electron chi connectivity index (χ4n) is 1.20. The van der Waals surface area contributed by atoms with Gasteiger partial charge in [0.2, 0.25) is 0 Å². The zero-order valence-electron chi connectivity index (χ0n) is 8.20. The number of hydrogen-bond acceptors (Lipinski definition) is 4. The minimum atomic E-state index is -0.555. The van der Waals surface area contributed by atoms with E-state index < -0.39 is 12.2 Å². The number of nitrogens with zero attached hydrogens (tertiary/aromatic N) is 1. The first-order valence-electron chi connectivity index (χ1n) is 4.08. The van der Waals surface area contributed by atoms with Crippen molar-refractivity contribution in [3.05, 3.63) is 0 Å². The van der Waals surface area contributed by atoms with E-state index in [-0.39, 0.29) is 4.75 Å². The molecule has 1 rings (SSSR count). The average molecular weight is 235 g/mol. The topological polar surface area (TPSA) is 64.6 Å². The van der Waals surface area contributed by atoms with Crippen molar-refractivity contribution < 1.29 is 10.0 Å². The SMILES string of the molecule is CNC(=O)N(O)[C@@H]1NC(=S)SC1(C)C. The Balaban J connectivity index is 2.77. The zero-order valence-corrected chi connectivity index (χ0v) is 9.83. The number of carbonyl (C=O) groups excluding carboxylic acids is 1. The summed E-state index contributed by atoms with van der Waals surface area (Å²) in [5.74, 6) is 0. The van der Waals surface area contributed by atoms with Crippen molar-refractivity contribution in [1.29, 1.82) is 0 Å². The third-order valence-corrected chi connectivity index (χ3v) is 3.36. The number of urea groups is 1. The molecule has 1 heterocycles. The summed E-state index contributed by atoms with van der Waals surface area (Å²) in [6, 6.07) is -0.555. The molecule has 1 aliphatic heterocycles. The van der Waals surface area contributed by atoms with Crippen molar-refractivity contribution in [2.24, 2.45) is 0 Å². The summed E-state index contributed by atoms with van der Waals surface area (Å²) in [5, 5.41) is 15.4. The Bertz CT molecular complexity index is 270. The molecule has 0 saturated carbocycles. The molecule has 0 aromatic rings. The van der Waals surface area contributed by atoms with E-state index in [4.69, 9.17) is 12.2 Å². The second-order valence-corrected chi connectivity index (χ2v) is 5.77. The van der Waals surface area contributed by atoms with Crippen molar-refractivity contribution in [3.8, 4) is 0 Å². The molecule has 0 spiro atoms. The minimum Gasteiger partial charge on any atom is -0.348 e. The molecule has 14 heavy (non-hydrogen) atoms. The average Bonchev–Trinajstić information content (AvgIpc) is 2.36. The molecule has 0 aliphatic carbocycles. The van der Waals surface area contributed by atoms with Crippen LogP contribution in [0.4, 0.5) is 4.79 Å². The number of amides is 2. The Morgan fingerprint density at radius 1 is 1.79 bits per heavy atom. The predicted molar refractivity (Wildman–Crippen MR) is 59.3 cm³/mol. The number of thiocarbonyl (C=S) groups is 1. The number of thioether (sulfide) groups is 1. The van der Waals surface area contributed by atoms with Gasteiger partial charge in [0.25, 0.3) is 0 Å². The molecule has 80 valence electrons. The fraction of sp³-hybridized carbons (Fsp3) is 0.714. The summed E-state index contributed by atoms with van der Waals surface area (Å²) in [5.41, 5.74) is 0. The maximum absolute atomic E-state index is 11.2. The van der Waals surface area contributed by atoms with E-state index in [0.29, 0.717) is 9.38 Å². The number of hydrogen-bond donors (Lipinski definition) is 3. The third-order valence-electron chi connectivity index (χ3n) is 1.94. The fourth-order valence-corrected chi connectivity index (χ4v) is 2.87. The number of nitrogens with one attached hydrogen (secondary N) is 2. The van der Waals surface area contributed by atoms with Gasteiger partial charge in [-0.1, -0.05) is 24.0 Å². The lowest BCUT2D eigenvalue weighted by molar-refractivity contribution is -0.0880. The van der Waals surface area contributed by atoms with Crippen LogP contribution in [0.1, 0.15) is 13.8 Å². The van der Waals surface area contributed by atoms with Crippen LogP contribution in [0.15, 0.2) is 0 Å². The van der Waals surface area contributed by atoms with Crippen LogP contribution in [0.3, 0.4) is 0 Å². The lowest BCUT2D eigenvalue weighted by Gasteiger charge is -2.30. The van der Waals surface area contributed by atoms with Gasteiger partial charge >= 0.3 is 6.03 Å².